The quantitative estimate of drug-likeness (QED) is 0.741. The van der Waals surface area contributed by atoms with Crippen LogP contribution in [-0.4, -0.2) is 13.2 Å². The molecule has 1 unspecified atom stereocenters. The topological polar surface area (TPSA) is 35.2 Å². The zero-order chi connectivity index (χ0) is 12.7. The third-order valence-corrected chi connectivity index (χ3v) is 2.91. The third-order valence-electron chi connectivity index (χ3n) is 2.91. The number of hydrogen-bond acceptors (Lipinski definition) is 2. The van der Waals surface area contributed by atoms with Gasteiger partial charge in [0, 0.05) is 18.8 Å². The third kappa shape index (κ3) is 4.84. The first kappa shape index (κ1) is 14.1. The highest BCUT2D eigenvalue weighted by atomic mass is 19.1. The van der Waals surface area contributed by atoms with Gasteiger partial charge in [0.05, 0.1) is 0 Å². The summed E-state index contributed by atoms with van der Waals surface area (Å²) in [6.07, 6.45) is 2.96. The second-order valence-corrected chi connectivity index (χ2v) is 4.64. The highest BCUT2D eigenvalue weighted by molar-refractivity contribution is 5.23. The Balaban J connectivity index is 2.42. The van der Waals surface area contributed by atoms with Crippen molar-refractivity contribution in [2.45, 2.75) is 38.6 Å². The molecule has 0 saturated carbocycles. The van der Waals surface area contributed by atoms with Gasteiger partial charge in [-0.25, -0.2) is 4.39 Å². The van der Waals surface area contributed by atoms with Crippen LogP contribution in [0.4, 0.5) is 4.39 Å². The molecule has 96 valence electrons. The first-order chi connectivity index (χ1) is 8.06. The average Bonchev–Trinajstić information content (AvgIpc) is 2.29. The molecule has 0 aliphatic carbocycles. The van der Waals surface area contributed by atoms with Gasteiger partial charge in [-0.2, -0.15) is 0 Å². The predicted molar refractivity (Wildman–Crippen MR) is 68.3 cm³/mol. The van der Waals surface area contributed by atoms with Gasteiger partial charge in [0.1, 0.15) is 5.82 Å². The van der Waals surface area contributed by atoms with Crippen LogP contribution in [0.15, 0.2) is 24.3 Å². The van der Waals surface area contributed by atoms with Crippen molar-refractivity contribution in [2.24, 2.45) is 5.73 Å². The van der Waals surface area contributed by atoms with E-state index in [2.05, 4.69) is 6.92 Å². The van der Waals surface area contributed by atoms with Crippen molar-refractivity contribution in [2.75, 3.05) is 13.2 Å². The van der Waals surface area contributed by atoms with Gasteiger partial charge in [-0.05, 0) is 37.5 Å². The van der Waals surface area contributed by atoms with Crippen molar-refractivity contribution in [1.82, 2.24) is 0 Å². The van der Waals surface area contributed by atoms with Crippen LogP contribution < -0.4 is 5.73 Å². The van der Waals surface area contributed by atoms with Gasteiger partial charge in [0.2, 0.25) is 0 Å². The monoisotopic (exact) mass is 239 g/mol. The second-order valence-electron chi connectivity index (χ2n) is 4.64. The minimum absolute atomic E-state index is 0.233. The summed E-state index contributed by atoms with van der Waals surface area (Å²) in [6, 6.07) is 6.36. The number of rotatable bonds is 7. The van der Waals surface area contributed by atoms with E-state index in [1.807, 2.05) is 6.92 Å². The summed E-state index contributed by atoms with van der Waals surface area (Å²) in [7, 11) is 0. The van der Waals surface area contributed by atoms with Gasteiger partial charge in [-0.3, -0.25) is 0 Å². The number of unbranched alkanes of at least 4 members (excludes halogenated alkanes) is 1. The Kier molecular flexibility index (Phi) is 5.59. The minimum atomic E-state index is -0.458. The number of halogens is 1. The first-order valence-electron chi connectivity index (χ1n) is 6.19. The van der Waals surface area contributed by atoms with Gasteiger partial charge in [-0.15, -0.1) is 0 Å². The molecule has 1 aromatic carbocycles. The molecule has 17 heavy (non-hydrogen) atoms. The molecule has 1 atom stereocenters. The molecule has 0 heterocycles. The molecule has 0 amide bonds. The number of ether oxygens (including phenoxy) is 1. The van der Waals surface area contributed by atoms with Crippen LogP contribution in [-0.2, 0) is 10.3 Å². The van der Waals surface area contributed by atoms with E-state index in [9.17, 15) is 4.39 Å². The predicted octanol–water partition coefficient (Wildman–Crippen LogP) is 3.21. The standard InChI is InChI=1S/C14H22FNO/c1-3-4-10-17-11-9-14(2,16)12-5-7-13(15)8-6-12/h5-8H,3-4,9-11,16H2,1-2H3. The number of nitrogens with two attached hydrogens (primary N) is 1. The van der Waals surface area contributed by atoms with Crippen molar-refractivity contribution in [3.05, 3.63) is 35.6 Å². The molecule has 0 spiro atoms. The lowest BCUT2D eigenvalue weighted by molar-refractivity contribution is 0.114. The van der Waals surface area contributed by atoms with Crippen LogP contribution in [0.25, 0.3) is 0 Å². The van der Waals surface area contributed by atoms with E-state index < -0.39 is 5.54 Å². The van der Waals surface area contributed by atoms with E-state index in [0.717, 1.165) is 31.4 Å². The van der Waals surface area contributed by atoms with Crippen LogP contribution in [0.3, 0.4) is 0 Å². The van der Waals surface area contributed by atoms with Crippen LogP contribution >= 0.6 is 0 Å². The van der Waals surface area contributed by atoms with E-state index >= 15 is 0 Å². The summed E-state index contributed by atoms with van der Waals surface area (Å²) < 4.78 is 18.3. The highest BCUT2D eigenvalue weighted by Gasteiger charge is 2.20. The molecular weight excluding hydrogens is 217 g/mol. The fourth-order valence-electron chi connectivity index (χ4n) is 1.61. The summed E-state index contributed by atoms with van der Waals surface area (Å²) in [4.78, 5) is 0. The summed E-state index contributed by atoms with van der Waals surface area (Å²) in [5.74, 6) is -0.233. The zero-order valence-electron chi connectivity index (χ0n) is 10.7. The Morgan fingerprint density at radius 2 is 1.88 bits per heavy atom. The summed E-state index contributed by atoms with van der Waals surface area (Å²) in [6.45, 7) is 5.51. The van der Waals surface area contributed by atoms with E-state index in [1.54, 1.807) is 12.1 Å². The highest BCUT2D eigenvalue weighted by Crippen LogP contribution is 2.21. The maximum absolute atomic E-state index is 12.8. The van der Waals surface area contributed by atoms with Gasteiger partial charge in [-0.1, -0.05) is 25.5 Å². The fourth-order valence-corrected chi connectivity index (χ4v) is 1.61. The molecule has 0 bridgehead atoms. The Morgan fingerprint density at radius 1 is 1.24 bits per heavy atom. The summed E-state index contributed by atoms with van der Waals surface area (Å²) in [5.41, 5.74) is 6.68. The first-order valence-corrected chi connectivity index (χ1v) is 6.19. The second kappa shape index (κ2) is 6.72. The van der Waals surface area contributed by atoms with E-state index in [4.69, 9.17) is 10.5 Å². The fraction of sp³-hybridized carbons (Fsp3) is 0.571. The lowest BCUT2D eigenvalue weighted by atomic mass is 9.90. The van der Waals surface area contributed by atoms with Gasteiger partial charge >= 0.3 is 0 Å². The molecule has 0 aliphatic heterocycles. The van der Waals surface area contributed by atoms with Crippen LogP contribution in [0.2, 0.25) is 0 Å². The number of hydrogen-bond donors (Lipinski definition) is 1. The largest absolute Gasteiger partial charge is 0.381 e. The minimum Gasteiger partial charge on any atom is -0.381 e. The van der Waals surface area contributed by atoms with Crippen LogP contribution in [0.1, 0.15) is 38.7 Å². The SMILES string of the molecule is CCCCOCCC(C)(N)c1ccc(F)cc1. The lowest BCUT2D eigenvalue weighted by Crippen LogP contribution is -2.34. The maximum atomic E-state index is 12.8. The molecule has 1 rings (SSSR count). The summed E-state index contributed by atoms with van der Waals surface area (Å²) in [5, 5.41) is 0. The lowest BCUT2D eigenvalue weighted by Gasteiger charge is -2.25. The molecule has 1 aromatic rings. The number of benzene rings is 1. The molecule has 0 fully saturated rings. The van der Waals surface area contributed by atoms with Gasteiger partial charge in [0.25, 0.3) is 0 Å². The van der Waals surface area contributed by atoms with E-state index in [0.29, 0.717) is 6.61 Å². The Morgan fingerprint density at radius 3 is 2.47 bits per heavy atom. The van der Waals surface area contributed by atoms with Gasteiger partial charge < -0.3 is 10.5 Å². The van der Waals surface area contributed by atoms with Crippen molar-refractivity contribution < 1.29 is 9.13 Å². The molecule has 0 saturated heterocycles. The molecule has 0 aromatic heterocycles. The Labute approximate surface area is 103 Å². The normalized spacial score (nSPS) is 14.6. The summed E-state index contributed by atoms with van der Waals surface area (Å²) >= 11 is 0. The van der Waals surface area contributed by atoms with E-state index in [-0.39, 0.29) is 5.82 Å². The molecule has 2 nitrogen and oxygen atoms in total. The van der Waals surface area contributed by atoms with Crippen LogP contribution in [0, 0.1) is 5.82 Å². The Hall–Kier alpha value is -0.930. The van der Waals surface area contributed by atoms with Crippen molar-refractivity contribution in [3.63, 3.8) is 0 Å². The van der Waals surface area contributed by atoms with E-state index in [1.165, 1.54) is 12.1 Å². The van der Waals surface area contributed by atoms with Gasteiger partial charge in [0.15, 0.2) is 0 Å². The molecule has 2 N–H and O–H groups in total. The van der Waals surface area contributed by atoms with Crippen molar-refractivity contribution >= 4 is 0 Å². The molecule has 0 radical (unpaired) electrons. The maximum Gasteiger partial charge on any atom is 0.123 e. The van der Waals surface area contributed by atoms with Crippen molar-refractivity contribution in [1.29, 1.82) is 0 Å². The van der Waals surface area contributed by atoms with Crippen LogP contribution in [0.5, 0.6) is 0 Å². The molecule has 0 aliphatic rings. The Bertz CT molecular complexity index is 321. The molecular formula is C14H22FNO. The molecule has 3 heteroatoms. The smallest absolute Gasteiger partial charge is 0.123 e. The van der Waals surface area contributed by atoms with Crippen molar-refractivity contribution in [3.8, 4) is 0 Å². The zero-order valence-corrected chi connectivity index (χ0v) is 10.7. The average molecular weight is 239 g/mol.